The molecule has 0 bridgehead atoms. The van der Waals surface area contributed by atoms with Crippen LogP contribution in [-0.4, -0.2) is 22.5 Å². The van der Waals surface area contributed by atoms with Crippen molar-refractivity contribution in [1.82, 2.24) is 4.90 Å². The largest absolute Gasteiger partial charge is 0.333 e. The molecule has 17 heavy (non-hydrogen) atoms. The highest BCUT2D eigenvalue weighted by molar-refractivity contribution is 5.84. The van der Waals surface area contributed by atoms with Crippen molar-refractivity contribution < 1.29 is 9.18 Å². The highest BCUT2D eigenvalue weighted by atomic mass is 19.1. The summed E-state index contributed by atoms with van der Waals surface area (Å²) in [7, 11) is 0. The molecule has 1 amide bonds. The van der Waals surface area contributed by atoms with Gasteiger partial charge in [0.05, 0.1) is 0 Å². The first-order valence-corrected chi connectivity index (χ1v) is 6.02. The third kappa shape index (κ3) is 3.05. The van der Waals surface area contributed by atoms with E-state index in [2.05, 4.69) is 0 Å². The Morgan fingerprint density at radius 2 is 1.94 bits per heavy atom. The lowest BCUT2D eigenvalue weighted by Gasteiger charge is -2.27. The van der Waals surface area contributed by atoms with Crippen LogP contribution in [0.3, 0.4) is 0 Å². The van der Waals surface area contributed by atoms with Gasteiger partial charge in [-0.25, -0.2) is 4.39 Å². The second-order valence-electron chi connectivity index (χ2n) is 5.12. The molecule has 0 N–H and O–H groups in total. The van der Waals surface area contributed by atoms with E-state index in [0.717, 1.165) is 18.4 Å². The lowest BCUT2D eigenvalue weighted by molar-refractivity contribution is -0.143. The van der Waals surface area contributed by atoms with E-state index in [-0.39, 0.29) is 6.04 Å². The second kappa shape index (κ2) is 4.47. The van der Waals surface area contributed by atoms with Crippen LogP contribution in [0, 0.1) is 0 Å². The molecule has 3 heteroatoms. The number of amides is 1. The molecule has 2 nitrogen and oxygen atoms in total. The second-order valence-corrected chi connectivity index (χ2v) is 5.12. The zero-order valence-corrected chi connectivity index (χ0v) is 10.3. The number of carbonyl (C=O) groups excluding carboxylic acids is 1. The van der Waals surface area contributed by atoms with Gasteiger partial charge in [0.25, 0.3) is 5.91 Å². The molecule has 1 aliphatic rings. The first-order chi connectivity index (χ1) is 7.98. The number of nitrogens with zero attached hydrogens (tertiary/aromatic N) is 1. The molecule has 1 fully saturated rings. The number of rotatable bonds is 4. The van der Waals surface area contributed by atoms with Crippen molar-refractivity contribution in [2.24, 2.45) is 0 Å². The molecule has 0 unspecified atom stereocenters. The van der Waals surface area contributed by atoms with Crippen molar-refractivity contribution in [1.29, 1.82) is 0 Å². The van der Waals surface area contributed by atoms with Gasteiger partial charge < -0.3 is 4.90 Å². The van der Waals surface area contributed by atoms with Gasteiger partial charge >= 0.3 is 0 Å². The van der Waals surface area contributed by atoms with Gasteiger partial charge in [-0.15, -0.1) is 0 Å². The normalized spacial score (nSPS) is 15.7. The summed E-state index contributed by atoms with van der Waals surface area (Å²) in [6, 6.07) is 9.97. The van der Waals surface area contributed by atoms with Gasteiger partial charge in [0, 0.05) is 12.6 Å². The van der Waals surface area contributed by atoms with E-state index in [1.54, 1.807) is 4.90 Å². The molecule has 2 rings (SSSR count). The number of hydrogen-bond acceptors (Lipinski definition) is 1. The Hall–Kier alpha value is -1.38. The molecule has 92 valence electrons. The summed E-state index contributed by atoms with van der Waals surface area (Å²) in [6.07, 6.45) is 1.99. The third-order valence-electron chi connectivity index (χ3n) is 2.95. The highest BCUT2D eigenvalue weighted by Crippen LogP contribution is 2.31. The maximum atomic E-state index is 13.7. The molecule has 0 aromatic heterocycles. The van der Waals surface area contributed by atoms with Crippen LogP contribution < -0.4 is 0 Å². The molecule has 0 radical (unpaired) electrons. The summed E-state index contributed by atoms with van der Waals surface area (Å²) in [5.74, 6) is -0.399. The van der Waals surface area contributed by atoms with Crippen LogP contribution in [0.25, 0.3) is 0 Å². The van der Waals surface area contributed by atoms with Crippen molar-refractivity contribution in [3.05, 3.63) is 35.9 Å². The van der Waals surface area contributed by atoms with E-state index in [1.807, 2.05) is 30.3 Å². The molecule has 0 heterocycles. The Morgan fingerprint density at radius 3 is 2.41 bits per heavy atom. The molecular weight excluding hydrogens is 217 g/mol. The monoisotopic (exact) mass is 235 g/mol. The first kappa shape index (κ1) is 12.1. The molecule has 0 spiro atoms. The van der Waals surface area contributed by atoms with E-state index in [4.69, 9.17) is 0 Å². The molecule has 1 aliphatic carbocycles. The third-order valence-corrected chi connectivity index (χ3v) is 2.95. The molecule has 1 saturated carbocycles. The van der Waals surface area contributed by atoms with Crippen molar-refractivity contribution in [2.45, 2.75) is 44.9 Å². The summed E-state index contributed by atoms with van der Waals surface area (Å²) >= 11 is 0. The van der Waals surface area contributed by atoms with Gasteiger partial charge in [0.1, 0.15) is 0 Å². The minimum absolute atomic E-state index is 0.234. The van der Waals surface area contributed by atoms with Gasteiger partial charge in [-0.2, -0.15) is 0 Å². The van der Waals surface area contributed by atoms with Crippen LogP contribution >= 0.6 is 0 Å². The van der Waals surface area contributed by atoms with Crippen LogP contribution in [0.15, 0.2) is 30.3 Å². The number of benzene rings is 1. The van der Waals surface area contributed by atoms with Gasteiger partial charge in [0.15, 0.2) is 5.67 Å². The molecule has 1 aromatic carbocycles. The van der Waals surface area contributed by atoms with Gasteiger partial charge in [-0.05, 0) is 32.3 Å². The standard InChI is InChI=1S/C14H18FNO/c1-14(2,15)13(17)16(12-8-9-12)10-11-6-4-3-5-7-11/h3-7,12H,8-10H2,1-2H3. The number of halogens is 1. The van der Waals surface area contributed by atoms with Crippen molar-refractivity contribution in [3.8, 4) is 0 Å². The van der Waals surface area contributed by atoms with Crippen LogP contribution in [-0.2, 0) is 11.3 Å². The number of alkyl halides is 1. The van der Waals surface area contributed by atoms with Crippen LogP contribution in [0.1, 0.15) is 32.3 Å². The van der Waals surface area contributed by atoms with Crippen LogP contribution in [0.2, 0.25) is 0 Å². The maximum Gasteiger partial charge on any atom is 0.260 e. The summed E-state index contributed by atoms with van der Waals surface area (Å²) in [4.78, 5) is 13.7. The minimum Gasteiger partial charge on any atom is -0.333 e. The van der Waals surface area contributed by atoms with Gasteiger partial charge in [-0.1, -0.05) is 30.3 Å². The number of carbonyl (C=O) groups is 1. The fourth-order valence-electron chi connectivity index (χ4n) is 1.87. The van der Waals surface area contributed by atoms with Gasteiger partial charge in [-0.3, -0.25) is 4.79 Å². The highest BCUT2D eigenvalue weighted by Gasteiger charge is 2.39. The van der Waals surface area contributed by atoms with E-state index >= 15 is 0 Å². The van der Waals surface area contributed by atoms with E-state index in [1.165, 1.54) is 13.8 Å². The SMILES string of the molecule is CC(C)(F)C(=O)N(Cc1ccccc1)C1CC1. The van der Waals surface area contributed by atoms with Gasteiger partial charge in [0.2, 0.25) is 0 Å². The molecular formula is C14H18FNO. The molecule has 0 aliphatic heterocycles. The average Bonchev–Trinajstić information content (AvgIpc) is 3.09. The predicted molar refractivity (Wildman–Crippen MR) is 65.2 cm³/mol. The smallest absolute Gasteiger partial charge is 0.260 e. The average molecular weight is 235 g/mol. The Kier molecular flexibility index (Phi) is 3.18. The van der Waals surface area contributed by atoms with Crippen molar-refractivity contribution in [3.63, 3.8) is 0 Å². The quantitative estimate of drug-likeness (QED) is 0.785. The Morgan fingerprint density at radius 1 is 1.35 bits per heavy atom. The summed E-state index contributed by atoms with van der Waals surface area (Å²) in [6.45, 7) is 3.17. The lowest BCUT2D eigenvalue weighted by Crippen LogP contribution is -2.43. The molecule has 1 aromatic rings. The van der Waals surface area contributed by atoms with E-state index in [0.29, 0.717) is 6.54 Å². The number of hydrogen-bond donors (Lipinski definition) is 0. The summed E-state index contributed by atoms with van der Waals surface area (Å²) < 4.78 is 13.7. The minimum atomic E-state index is -1.78. The van der Waals surface area contributed by atoms with E-state index < -0.39 is 11.6 Å². The molecule has 0 saturated heterocycles. The van der Waals surface area contributed by atoms with E-state index in [9.17, 15) is 9.18 Å². The summed E-state index contributed by atoms with van der Waals surface area (Å²) in [5.41, 5.74) is -0.728. The predicted octanol–water partition coefficient (Wildman–Crippen LogP) is 2.93. The fourth-order valence-corrected chi connectivity index (χ4v) is 1.87. The zero-order chi connectivity index (χ0) is 12.5. The maximum absolute atomic E-state index is 13.7. The fraction of sp³-hybridized carbons (Fsp3) is 0.500. The Balaban J connectivity index is 2.11. The van der Waals surface area contributed by atoms with Crippen LogP contribution in [0.5, 0.6) is 0 Å². The summed E-state index contributed by atoms with van der Waals surface area (Å²) in [5, 5.41) is 0. The first-order valence-electron chi connectivity index (χ1n) is 6.02. The topological polar surface area (TPSA) is 20.3 Å². The van der Waals surface area contributed by atoms with Crippen molar-refractivity contribution in [2.75, 3.05) is 0 Å². The molecule has 0 atom stereocenters. The lowest BCUT2D eigenvalue weighted by atomic mass is 10.1. The van der Waals surface area contributed by atoms with Crippen LogP contribution in [0.4, 0.5) is 4.39 Å². The Labute approximate surface area is 101 Å². The Bertz CT molecular complexity index is 392. The van der Waals surface area contributed by atoms with Crippen molar-refractivity contribution >= 4 is 5.91 Å². The zero-order valence-electron chi connectivity index (χ0n) is 10.3.